The molecule has 1 fully saturated rings. The van der Waals surface area contributed by atoms with Gasteiger partial charge in [-0.15, -0.1) is 0 Å². The fourth-order valence-electron chi connectivity index (χ4n) is 4.48. The predicted octanol–water partition coefficient (Wildman–Crippen LogP) is 2.00. The summed E-state index contributed by atoms with van der Waals surface area (Å²) in [7, 11) is 1.56. The zero-order valence-electron chi connectivity index (χ0n) is 23.7. The van der Waals surface area contributed by atoms with Gasteiger partial charge in [-0.25, -0.2) is 14.6 Å². The third kappa shape index (κ3) is 7.27. The number of amides is 2. The molecule has 2 amide bonds. The van der Waals surface area contributed by atoms with E-state index >= 15 is 0 Å². The van der Waals surface area contributed by atoms with Crippen molar-refractivity contribution in [1.29, 1.82) is 0 Å². The summed E-state index contributed by atoms with van der Waals surface area (Å²) in [5.41, 5.74) is 0.841. The van der Waals surface area contributed by atoms with E-state index in [2.05, 4.69) is 10.1 Å². The first-order valence-corrected chi connectivity index (χ1v) is 12.6. The van der Waals surface area contributed by atoms with Crippen LogP contribution in [0, 0.1) is 0 Å². The van der Waals surface area contributed by atoms with E-state index in [1.165, 1.54) is 10.9 Å². The summed E-state index contributed by atoms with van der Waals surface area (Å²) in [6.07, 6.45) is 3.93. The average Bonchev–Trinajstić information content (AvgIpc) is 3.26. The molecule has 0 spiro atoms. The van der Waals surface area contributed by atoms with E-state index in [0.717, 1.165) is 0 Å². The van der Waals surface area contributed by atoms with Crippen molar-refractivity contribution < 1.29 is 77.0 Å². The van der Waals surface area contributed by atoms with E-state index in [-0.39, 0.29) is 77.0 Å². The summed E-state index contributed by atoms with van der Waals surface area (Å²) in [6.45, 7) is 6.22. The van der Waals surface area contributed by atoms with Gasteiger partial charge in [0.25, 0.3) is 5.91 Å². The Morgan fingerprint density at radius 3 is 2.49 bits per heavy atom. The van der Waals surface area contributed by atoms with Crippen molar-refractivity contribution in [3.63, 3.8) is 0 Å². The number of aryl methyl sites for hydroxylation is 1. The maximum atomic E-state index is 13.9. The quantitative estimate of drug-likeness (QED) is 0.459. The molecule has 1 saturated heterocycles. The molecule has 1 atom stereocenters. The number of hydrogen-bond acceptors (Lipinski definition) is 6. The number of likely N-dealkylation sites (tertiary alicyclic amines) is 1. The largest absolute Gasteiger partial charge is 1.00 e. The summed E-state index contributed by atoms with van der Waals surface area (Å²) in [5.74, 6) is -1.12. The number of carbonyl (C=O) groups is 3. The molecule has 4 rings (SSSR count). The molecule has 39 heavy (non-hydrogen) atoms. The molecule has 10 nitrogen and oxygen atoms in total. The molecular weight excluding hydrogens is 549 g/mol. The predicted molar refractivity (Wildman–Crippen MR) is 144 cm³/mol. The van der Waals surface area contributed by atoms with Crippen LogP contribution in [0.5, 0.6) is 0 Å². The summed E-state index contributed by atoms with van der Waals surface area (Å²) < 4.78 is 6.85. The van der Waals surface area contributed by atoms with Gasteiger partial charge in [0.2, 0.25) is 0 Å². The number of hydrogen-bond donors (Lipinski definition) is 1. The Labute approximate surface area is 276 Å². The first-order chi connectivity index (χ1) is 18.0. The number of anilines is 1. The van der Waals surface area contributed by atoms with Gasteiger partial charge in [-0.1, -0.05) is 23.7 Å². The van der Waals surface area contributed by atoms with Crippen LogP contribution in [0.4, 0.5) is 10.6 Å². The Bertz CT molecular complexity index is 1360. The zero-order valence-corrected chi connectivity index (χ0v) is 26.6. The number of carboxylic acid groups (broad SMARTS) is 1. The van der Waals surface area contributed by atoms with Crippen LogP contribution in [0.25, 0.3) is 11.1 Å². The molecule has 0 aliphatic carbocycles. The van der Waals surface area contributed by atoms with Crippen LogP contribution >= 0.6 is 11.6 Å². The molecule has 0 radical (unpaired) electrons. The fourth-order valence-corrected chi connectivity index (χ4v) is 4.69. The van der Waals surface area contributed by atoms with Gasteiger partial charge < -0.3 is 16.2 Å². The van der Waals surface area contributed by atoms with Crippen LogP contribution in [-0.2, 0) is 11.8 Å². The van der Waals surface area contributed by atoms with Crippen molar-refractivity contribution in [2.24, 2.45) is 7.05 Å². The minimum atomic E-state index is -1.09. The van der Waals surface area contributed by atoms with Crippen molar-refractivity contribution >= 4 is 35.4 Å². The van der Waals surface area contributed by atoms with E-state index in [1.807, 2.05) is 20.8 Å². The first kappa shape index (κ1) is 31.2. The SMILES string of the molecule is Cn1ncc(-c2ccc(C(=O)N(c3ncccc3Cl)[C@@H]3CCCN(C(=O)OC(C)(C)C)C3)cc2)c1C(=O)O.[H-].[K+]. The standard InChI is InChI=1S/C27H30ClN5O5.K.H/c1-27(2,3)38-26(37)32-14-6-7-19(16-32)33(23-21(28)8-5-13-29-23)24(34)18-11-9-17(10-12-18)20-15-30-31(4)22(20)25(35)36;;/h5,8-13,15,19H,6-7,14,16H2,1-4H3,(H,35,36);;/q;+1;-1/t19-;;/m1../s1. The number of ether oxygens (including phenoxy) is 1. The Balaban J connectivity index is 0.00000280. The van der Waals surface area contributed by atoms with Crippen molar-refractivity contribution in [3.8, 4) is 11.1 Å². The van der Waals surface area contributed by atoms with Gasteiger partial charge >= 0.3 is 63.4 Å². The van der Waals surface area contributed by atoms with Gasteiger partial charge in [-0.3, -0.25) is 14.4 Å². The molecule has 0 bridgehead atoms. The molecule has 1 aliphatic heterocycles. The van der Waals surface area contributed by atoms with Crippen LogP contribution in [-0.4, -0.2) is 67.5 Å². The van der Waals surface area contributed by atoms with Gasteiger partial charge in [0, 0.05) is 37.5 Å². The maximum Gasteiger partial charge on any atom is 1.00 e. The molecule has 0 saturated carbocycles. The van der Waals surface area contributed by atoms with E-state index in [4.69, 9.17) is 16.3 Å². The number of rotatable bonds is 5. The third-order valence-electron chi connectivity index (χ3n) is 6.18. The summed E-state index contributed by atoms with van der Waals surface area (Å²) >= 11 is 6.48. The Kier molecular flexibility index (Phi) is 10.4. The number of benzene rings is 1. The van der Waals surface area contributed by atoms with E-state index < -0.39 is 17.7 Å². The Hall–Kier alpha value is -2.28. The number of aromatic nitrogens is 3. The zero-order chi connectivity index (χ0) is 27.6. The Morgan fingerprint density at radius 1 is 1.18 bits per heavy atom. The summed E-state index contributed by atoms with van der Waals surface area (Å²) in [4.78, 5) is 45.9. The molecule has 1 aliphatic rings. The maximum absolute atomic E-state index is 13.9. The number of aromatic carboxylic acids is 1. The summed E-state index contributed by atoms with van der Waals surface area (Å²) in [5, 5.41) is 13.9. The van der Waals surface area contributed by atoms with Crippen molar-refractivity contribution in [1.82, 2.24) is 19.7 Å². The van der Waals surface area contributed by atoms with Crippen LogP contribution in [0.15, 0.2) is 48.8 Å². The molecule has 2 aromatic heterocycles. The minimum Gasteiger partial charge on any atom is -1.00 e. The number of piperidine rings is 1. The van der Waals surface area contributed by atoms with Gasteiger partial charge in [-0.2, -0.15) is 5.10 Å². The molecule has 0 unspecified atom stereocenters. The van der Waals surface area contributed by atoms with E-state index in [1.54, 1.807) is 59.4 Å². The number of carboxylic acids is 1. The molecule has 1 aromatic carbocycles. The van der Waals surface area contributed by atoms with Crippen molar-refractivity contribution in [3.05, 3.63) is 65.1 Å². The van der Waals surface area contributed by atoms with Crippen LogP contribution < -0.4 is 56.3 Å². The third-order valence-corrected chi connectivity index (χ3v) is 6.48. The van der Waals surface area contributed by atoms with Crippen molar-refractivity contribution in [2.75, 3.05) is 18.0 Å². The topological polar surface area (TPSA) is 118 Å². The Morgan fingerprint density at radius 2 is 1.87 bits per heavy atom. The van der Waals surface area contributed by atoms with Gasteiger partial charge in [0.05, 0.1) is 17.3 Å². The molecule has 12 heteroatoms. The van der Waals surface area contributed by atoms with Crippen molar-refractivity contribution in [2.45, 2.75) is 45.3 Å². The molecular formula is C27H31ClKN5O5. The number of carbonyl (C=O) groups excluding carboxylic acids is 2. The second-order valence-corrected chi connectivity index (χ2v) is 10.5. The minimum absolute atomic E-state index is 0. The normalized spacial score (nSPS) is 15.3. The van der Waals surface area contributed by atoms with Gasteiger partial charge in [0.15, 0.2) is 11.5 Å². The summed E-state index contributed by atoms with van der Waals surface area (Å²) in [6, 6.07) is 9.60. The van der Waals surface area contributed by atoms with E-state index in [0.29, 0.717) is 46.9 Å². The molecule has 202 valence electrons. The fraction of sp³-hybridized carbons (Fsp3) is 0.370. The second-order valence-electron chi connectivity index (χ2n) is 10.1. The molecule has 3 aromatic rings. The number of nitrogens with zero attached hydrogens (tertiary/aromatic N) is 5. The second kappa shape index (κ2) is 12.9. The average molecular weight is 580 g/mol. The van der Waals surface area contributed by atoms with E-state index in [9.17, 15) is 19.5 Å². The van der Waals surface area contributed by atoms with Crippen LogP contribution in [0.3, 0.4) is 0 Å². The van der Waals surface area contributed by atoms with Crippen LogP contribution in [0.1, 0.15) is 55.9 Å². The van der Waals surface area contributed by atoms with Crippen LogP contribution in [0.2, 0.25) is 5.02 Å². The smallest absolute Gasteiger partial charge is 1.00 e. The molecule has 1 N–H and O–H groups in total. The number of pyridine rings is 1. The first-order valence-electron chi connectivity index (χ1n) is 12.2. The van der Waals surface area contributed by atoms with Gasteiger partial charge in [-0.05, 0) is 63.4 Å². The van der Waals surface area contributed by atoms with Gasteiger partial charge in [0.1, 0.15) is 5.60 Å². The monoisotopic (exact) mass is 579 g/mol. The number of halogens is 1. The molecule has 3 heterocycles.